The Balaban J connectivity index is 2.57. The van der Waals surface area contributed by atoms with Crippen LogP contribution in [-0.2, 0) is 6.42 Å². The van der Waals surface area contributed by atoms with Gasteiger partial charge in [0.1, 0.15) is 0 Å². The van der Waals surface area contributed by atoms with Crippen LogP contribution in [0.1, 0.15) is 5.56 Å². The molecule has 0 bridgehead atoms. The monoisotopic (exact) mass is 217 g/mol. The zero-order valence-corrected chi connectivity index (χ0v) is 9.06. The van der Waals surface area contributed by atoms with Crippen molar-refractivity contribution in [3.05, 3.63) is 36.5 Å². The van der Waals surface area contributed by atoms with Crippen LogP contribution in [0.3, 0.4) is 0 Å². The van der Waals surface area contributed by atoms with E-state index in [1.54, 1.807) is 18.3 Å². The molecule has 0 fully saturated rings. The van der Waals surface area contributed by atoms with Gasteiger partial charge in [0.25, 0.3) is 0 Å². The molecule has 84 valence electrons. The zero-order chi connectivity index (χ0) is 12.0. The fraction of sp³-hybridized carbons (Fsp3) is 0.231. The molecule has 0 saturated heterocycles. The molecule has 0 unspecified atom stereocenters. The van der Waals surface area contributed by atoms with E-state index in [0.29, 0.717) is 6.54 Å². The maximum absolute atomic E-state index is 9.31. The Morgan fingerprint density at radius 1 is 1.38 bits per heavy atom. The molecule has 3 nitrogen and oxygen atoms in total. The second-order valence-corrected chi connectivity index (χ2v) is 3.43. The molecule has 0 aliphatic carbocycles. The molecule has 0 aromatic heterocycles. The van der Waals surface area contributed by atoms with Gasteiger partial charge in [0.15, 0.2) is 11.5 Å². The van der Waals surface area contributed by atoms with Crippen LogP contribution in [-0.4, -0.2) is 28.2 Å². The Bertz CT molecular complexity index is 407. The maximum atomic E-state index is 9.31. The molecule has 0 aliphatic heterocycles. The number of aromatic hydroxyl groups is 2. The van der Waals surface area contributed by atoms with Gasteiger partial charge in [-0.2, -0.15) is 0 Å². The fourth-order valence-electron chi connectivity index (χ4n) is 1.35. The molecule has 3 heteroatoms. The summed E-state index contributed by atoms with van der Waals surface area (Å²) in [5, 5.41) is 18.5. The smallest absolute Gasteiger partial charge is 0.157 e. The van der Waals surface area contributed by atoms with Gasteiger partial charge in [-0.1, -0.05) is 18.6 Å². The SMILES string of the molecule is C#CCN(C=C)CCc1ccc(O)c(O)c1. The van der Waals surface area contributed by atoms with Crippen LogP contribution in [0.5, 0.6) is 11.5 Å². The van der Waals surface area contributed by atoms with Gasteiger partial charge in [0, 0.05) is 6.54 Å². The lowest BCUT2D eigenvalue weighted by atomic mass is 10.1. The van der Waals surface area contributed by atoms with E-state index in [1.165, 1.54) is 6.07 Å². The van der Waals surface area contributed by atoms with Crippen molar-refractivity contribution >= 4 is 0 Å². The average molecular weight is 217 g/mol. The van der Waals surface area contributed by atoms with Crippen molar-refractivity contribution in [3.63, 3.8) is 0 Å². The topological polar surface area (TPSA) is 43.7 Å². The van der Waals surface area contributed by atoms with Crippen LogP contribution in [0.25, 0.3) is 0 Å². The first-order chi connectivity index (χ1) is 7.67. The molecule has 16 heavy (non-hydrogen) atoms. The number of phenolic OH excluding ortho intramolecular Hbond substituents is 2. The van der Waals surface area contributed by atoms with Crippen LogP contribution < -0.4 is 0 Å². The van der Waals surface area contributed by atoms with Gasteiger partial charge >= 0.3 is 0 Å². The van der Waals surface area contributed by atoms with E-state index in [1.807, 2.05) is 4.90 Å². The summed E-state index contributed by atoms with van der Waals surface area (Å²) in [6.07, 6.45) is 7.64. The molecule has 0 spiro atoms. The molecule has 0 saturated carbocycles. The van der Waals surface area contributed by atoms with Crippen molar-refractivity contribution in [2.45, 2.75) is 6.42 Å². The number of rotatable bonds is 5. The summed E-state index contributed by atoms with van der Waals surface area (Å²) in [7, 11) is 0. The third kappa shape index (κ3) is 3.25. The molecule has 0 atom stereocenters. The highest BCUT2D eigenvalue weighted by molar-refractivity contribution is 5.40. The number of hydrogen-bond acceptors (Lipinski definition) is 3. The van der Waals surface area contributed by atoms with E-state index in [4.69, 9.17) is 11.5 Å². The van der Waals surface area contributed by atoms with Crippen molar-refractivity contribution in [1.29, 1.82) is 0 Å². The zero-order valence-electron chi connectivity index (χ0n) is 9.06. The average Bonchev–Trinajstić information content (AvgIpc) is 2.28. The predicted octanol–water partition coefficient (Wildman–Crippen LogP) is 1.72. The summed E-state index contributed by atoms with van der Waals surface area (Å²) in [5.74, 6) is 2.34. The predicted molar refractivity (Wildman–Crippen MR) is 64.1 cm³/mol. The number of benzene rings is 1. The third-order valence-corrected chi connectivity index (χ3v) is 2.28. The number of nitrogens with zero attached hydrogens (tertiary/aromatic N) is 1. The maximum Gasteiger partial charge on any atom is 0.157 e. The molecule has 0 heterocycles. The molecular weight excluding hydrogens is 202 g/mol. The highest BCUT2D eigenvalue weighted by Gasteiger charge is 2.02. The first kappa shape index (κ1) is 12.0. The van der Waals surface area contributed by atoms with Crippen LogP contribution in [0.4, 0.5) is 0 Å². The van der Waals surface area contributed by atoms with E-state index in [-0.39, 0.29) is 11.5 Å². The summed E-state index contributed by atoms with van der Waals surface area (Å²) in [5.41, 5.74) is 0.944. The molecule has 0 amide bonds. The summed E-state index contributed by atoms with van der Waals surface area (Å²) in [6, 6.07) is 4.79. The Kier molecular flexibility index (Phi) is 4.28. The molecule has 0 radical (unpaired) electrons. The molecular formula is C13H15NO2. The van der Waals surface area contributed by atoms with Crippen molar-refractivity contribution in [3.8, 4) is 23.8 Å². The highest BCUT2D eigenvalue weighted by Crippen LogP contribution is 2.24. The minimum atomic E-state index is -0.104. The third-order valence-electron chi connectivity index (χ3n) is 2.28. The molecule has 2 N–H and O–H groups in total. The Morgan fingerprint density at radius 3 is 2.69 bits per heavy atom. The molecule has 1 aromatic carbocycles. The lowest BCUT2D eigenvalue weighted by Gasteiger charge is -2.16. The Hall–Kier alpha value is -2.08. The van der Waals surface area contributed by atoms with Gasteiger partial charge in [-0.3, -0.25) is 0 Å². The minimum Gasteiger partial charge on any atom is -0.504 e. The second-order valence-electron chi connectivity index (χ2n) is 3.43. The van der Waals surface area contributed by atoms with Crippen LogP contribution >= 0.6 is 0 Å². The molecule has 0 aliphatic rings. The Labute approximate surface area is 95.6 Å². The summed E-state index contributed by atoms with van der Waals surface area (Å²) < 4.78 is 0. The first-order valence-corrected chi connectivity index (χ1v) is 4.98. The van der Waals surface area contributed by atoms with Crippen LogP contribution in [0.15, 0.2) is 31.0 Å². The van der Waals surface area contributed by atoms with E-state index in [9.17, 15) is 5.11 Å². The van der Waals surface area contributed by atoms with Crippen molar-refractivity contribution in [2.75, 3.05) is 13.1 Å². The quantitative estimate of drug-likeness (QED) is 0.583. The first-order valence-electron chi connectivity index (χ1n) is 4.98. The van der Waals surface area contributed by atoms with Gasteiger partial charge in [0.2, 0.25) is 0 Å². The largest absolute Gasteiger partial charge is 0.504 e. The van der Waals surface area contributed by atoms with Gasteiger partial charge in [0.05, 0.1) is 6.54 Å². The lowest BCUT2D eigenvalue weighted by Crippen LogP contribution is -2.20. The minimum absolute atomic E-state index is 0.0976. The van der Waals surface area contributed by atoms with E-state index < -0.39 is 0 Å². The highest BCUT2D eigenvalue weighted by atomic mass is 16.3. The number of hydrogen-bond donors (Lipinski definition) is 2. The lowest BCUT2D eigenvalue weighted by molar-refractivity contribution is 0.401. The number of phenols is 2. The van der Waals surface area contributed by atoms with Crippen molar-refractivity contribution in [1.82, 2.24) is 4.90 Å². The van der Waals surface area contributed by atoms with Gasteiger partial charge in [-0.15, -0.1) is 6.42 Å². The van der Waals surface area contributed by atoms with E-state index in [2.05, 4.69) is 12.5 Å². The standard InChI is InChI=1S/C13H15NO2/c1-3-8-14(4-2)9-7-11-5-6-12(15)13(16)10-11/h1,4-6,10,15-16H,2,7-9H2. The normalized spacial score (nSPS) is 9.44. The van der Waals surface area contributed by atoms with Crippen molar-refractivity contribution in [2.24, 2.45) is 0 Å². The summed E-state index contributed by atoms with van der Waals surface area (Å²) in [4.78, 5) is 1.91. The second kappa shape index (κ2) is 5.72. The molecule has 1 rings (SSSR count). The van der Waals surface area contributed by atoms with Crippen LogP contribution in [0, 0.1) is 12.3 Å². The number of terminal acetylenes is 1. The Morgan fingerprint density at radius 2 is 2.12 bits per heavy atom. The van der Waals surface area contributed by atoms with Crippen LogP contribution in [0.2, 0.25) is 0 Å². The van der Waals surface area contributed by atoms with E-state index >= 15 is 0 Å². The fourth-order valence-corrected chi connectivity index (χ4v) is 1.35. The summed E-state index contributed by atoms with van der Waals surface area (Å²) in [6.45, 7) is 4.92. The summed E-state index contributed by atoms with van der Waals surface area (Å²) >= 11 is 0. The van der Waals surface area contributed by atoms with E-state index in [0.717, 1.165) is 18.5 Å². The molecule has 1 aromatic rings. The van der Waals surface area contributed by atoms with Crippen molar-refractivity contribution < 1.29 is 10.2 Å². The van der Waals surface area contributed by atoms with Gasteiger partial charge < -0.3 is 15.1 Å². The van der Waals surface area contributed by atoms with Gasteiger partial charge in [-0.25, -0.2) is 0 Å². The van der Waals surface area contributed by atoms with Gasteiger partial charge in [-0.05, 0) is 30.3 Å².